The van der Waals surface area contributed by atoms with Crippen molar-refractivity contribution in [2.45, 2.75) is 32.9 Å². The van der Waals surface area contributed by atoms with Crippen molar-refractivity contribution in [3.05, 3.63) is 35.5 Å². The maximum Gasteiger partial charge on any atom is 0.263 e. The van der Waals surface area contributed by atoms with Gasteiger partial charge in [0.1, 0.15) is 11.6 Å². The number of rotatable bonds is 9. The molecule has 1 aliphatic heterocycles. The minimum absolute atomic E-state index is 0.0329. The van der Waals surface area contributed by atoms with E-state index in [4.69, 9.17) is 19.5 Å². The molecular formula is C18H23N3O4. The molecule has 25 heavy (non-hydrogen) atoms. The lowest BCUT2D eigenvalue weighted by Crippen LogP contribution is -2.25. The Hall–Kier alpha value is -2.72. The van der Waals surface area contributed by atoms with Crippen LogP contribution in [0.15, 0.2) is 30.0 Å². The van der Waals surface area contributed by atoms with Crippen LogP contribution in [0.25, 0.3) is 0 Å². The first kappa shape index (κ1) is 18.6. The van der Waals surface area contributed by atoms with E-state index in [2.05, 4.69) is 10.6 Å². The quantitative estimate of drug-likeness (QED) is 0.403. The lowest BCUT2D eigenvalue weighted by molar-refractivity contribution is -0.117. The van der Waals surface area contributed by atoms with Crippen LogP contribution in [0.5, 0.6) is 11.5 Å². The molecule has 7 heteroatoms. The molecule has 0 aromatic heterocycles. The average molecular weight is 345 g/mol. The number of hydrogen-bond donors (Lipinski definition) is 2. The number of ether oxygens (including phenoxy) is 3. The van der Waals surface area contributed by atoms with E-state index in [0.29, 0.717) is 31.2 Å². The minimum atomic E-state index is -0.425. The number of nitrogens with one attached hydrogen (secondary N) is 2. The van der Waals surface area contributed by atoms with Crippen LogP contribution in [0.2, 0.25) is 0 Å². The summed E-state index contributed by atoms with van der Waals surface area (Å²) in [6, 6.07) is 7.35. The Kier molecular flexibility index (Phi) is 7.11. The summed E-state index contributed by atoms with van der Waals surface area (Å²) in [6.07, 6.45) is 2.43. The number of amides is 1. The Morgan fingerprint density at radius 1 is 1.40 bits per heavy atom. The summed E-state index contributed by atoms with van der Waals surface area (Å²) in [7, 11) is 0. The molecule has 0 aliphatic carbocycles. The predicted molar refractivity (Wildman–Crippen MR) is 91.8 cm³/mol. The van der Waals surface area contributed by atoms with Crippen molar-refractivity contribution in [2.24, 2.45) is 0 Å². The molecule has 1 heterocycles. The summed E-state index contributed by atoms with van der Waals surface area (Å²) in [6.45, 7) is 5.73. The van der Waals surface area contributed by atoms with Gasteiger partial charge in [-0.1, -0.05) is 6.07 Å². The Bertz CT molecular complexity index is 665. The van der Waals surface area contributed by atoms with Crippen LogP contribution in [0.1, 0.15) is 25.8 Å². The summed E-state index contributed by atoms with van der Waals surface area (Å²) in [5.41, 5.74) is 0.902. The van der Waals surface area contributed by atoms with Gasteiger partial charge < -0.3 is 24.8 Å². The van der Waals surface area contributed by atoms with Crippen molar-refractivity contribution >= 4 is 5.91 Å². The lowest BCUT2D eigenvalue weighted by atomic mass is 10.2. The Balaban J connectivity index is 1.75. The second kappa shape index (κ2) is 9.55. The largest absolute Gasteiger partial charge is 0.454 e. The van der Waals surface area contributed by atoms with Crippen LogP contribution < -0.4 is 20.1 Å². The summed E-state index contributed by atoms with van der Waals surface area (Å²) in [5, 5.41) is 14.8. The Morgan fingerprint density at radius 3 is 2.96 bits per heavy atom. The van der Waals surface area contributed by atoms with Gasteiger partial charge in [0.15, 0.2) is 11.5 Å². The number of benzene rings is 1. The highest BCUT2D eigenvalue weighted by Crippen LogP contribution is 2.32. The highest BCUT2D eigenvalue weighted by atomic mass is 16.7. The molecule has 1 aromatic carbocycles. The van der Waals surface area contributed by atoms with E-state index < -0.39 is 5.91 Å². The summed E-state index contributed by atoms with van der Waals surface area (Å²) in [4.78, 5) is 12.1. The SMILES string of the molecule is CC(C)OCCCN/C=C(/C#N)C(=O)NCc1ccc2c(c1)OCO2. The van der Waals surface area contributed by atoms with Crippen molar-refractivity contribution in [2.75, 3.05) is 19.9 Å². The molecule has 134 valence electrons. The molecule has 0 radical (unpaired) electrons. The lowest BCUT2D eigenvalue weighted by Gasteiger charge is -2.08. The second-order valence-electron chi connectivity index (χ2n) is 5.77. The van der Waals surface area contributed by atoms with Gasteiger partial charge in [-0.25, -0.2) is 0 Å². The fraction of sp³-hybridized carbons (Fsp3) is 0.444. The third-order valence-electron chi connectivity index (χ3n) is 3.42. The average Bonchev–Trinajstić information content (AvgIpc) is 3.06. The second-order valence-corrected chi connectivity index (χ2v) is 5.77. The summed E-state index contributed by atoms with van der Waals surface area (Å²) in [5.74, 6) is 0.928. The highest BCUT2D eigenvalue weighted by Gasteiger charge is 2.14. The molecule has 1 amide bonds. The normalized spacial score (nSPS) is 12.8. The van der Waals surface area contributed by atoms with E-state index in [1.165, 1.54) is 6.20 Å². The van der Waals surface area contributed by atoms with Gasteiger partial charge in [0, 0.05) is 25.9 Å². The van der Waals surface area contributed by atoms with Crippen molar-refractivity contribution < 1.29 is 19.0 Å². The number of nitriles is 1. The first-order valence-corrected chi connectivity index (χ1v) is 8.22. The van der Waals surface area contributed by atoms with E-state index in [9.17, 15) is 4.79 Å². The zero-order valence-corrected chi connectivity index (χ0v) is 14.5. The van der Waals surface area contributed by atoms with Crippen molar-refractivity contribution in [1.29, 1.82) is 5.26 Å². The summed E-state index contributed by atoms with van der Waals surface area (Å²) >= 11 is 0. The van der Waals surface area contributed by atoms with Gasteiger partial charge in [-0.05, 0) is 38.0 Å². The zero-order valence-electron chi connectivity index (χ0n) is 14.5. The monoisotopic (exact) mass is 345 g/mol. The number of fused-ring (bicyclic) bond motifs is 1. The molecule has 0 saturated heterocycles. The first-order chi connectivity index (χ1) is 12.1. The van der Waals surface area contributed by atoms with E-state index >= 15 is 0 Å². The molecule has 2 N–H and O–H groups in total. The van der Waals surface area contributed by atoms with Gasteiger partial charge >= 0.3 is 0 Å². The maximum absolute atomic E-state index is 12.1. The van der Waals surface area contributed by atoms with Gasteiger partial charge in [-0.2, -0.15) is 5.26 Å². The molecule has 2 rings (SSSR count). The van der Waals surface area contributed by atoms with Crippen LogP contribution in [-0.2, 0) is 16.1 Å². The third kappa shape index (κ3) is 6.01. The van der Waals surface area contributed by atoms with Crippen molar-refractivity contribution in [3.63, 3.8) is 0 Å². The molecule has 0 fully saturated rings. The van der Waals surface area contributed by atoms with Crippen molar-refractivity contribution in [1.82, 2.24) is 10.6 Å². The molecule has 0 atom stereocenters. The van der Waals surface area contributed by atoms with Gasteiger partial charge in [0.2, 0.25) is 6.79 Å². The molecule has 7 nitrogen and oxygen atoms in total. The molecular weight excluding hydrogens is 322 g/mol. The standard InChI is InChI=1S/C18H23N3O4/c1-13(2)23-7-3-6-20-11-15(9-19)18(22)21-10-14-4-5-16-17(8-14)25-12-24-16/h4-5,8,11,13,20H,3,6-7,10,12H2,1-2H3,(H,21,22)/b15-11-. The predicted octanol–water partition coefficient (Wildman–Crippen LogP) is 1.84. The molecule has 1 aliphatic rings. The molecule has 1 aromatic rings. The zero-order chi connectivity index (χ0) is 18.1. The summed E-state index contributed by atoms with van der Waals surface area (Å²) < 4.78 is 16.0. The Morgan fingerprint density at radius 2 is 2.20 bits per heavy atom. The van der Waals surface area contributed by atoms with Gasteiger partial charge in [-0.15, -0.1) is 0 Å². The van der Waals surface area contributed by atoms with Crippen LogP contribution in [0.3, 0.4) is 0 Å². The molecule has 0 bridgehead atoms. The molecule has 0 spiro atoms. The Labute approximate surface area is 147 Å². The first-order valence-electron chi connectivity index (χ1n) is 8.22. The smallest absolute Gasteiger partial charge is 0.263 e. The van der Waals surface area contributed by atoms with Crippen LogP contribution >= 0.6 is 0 Å². The topological polar surface area (TPSA) is 92.6 Å². The highest BCUT2D eigenvalue weighted by molar-refractivity contribution is 5.97. The van der Waals surface area contributed by atoms with Crippen LogP contribution in [0, 0.1) is 11.3 Å². The van der Waals surface area contributed by atoms with Gasteiger partial charge in [-0.3, -0.25) is 4.79 Å². The van der Waals surface area contributed by atoms with E-state index in [1.54, 1.807) is 6.07 Å². The third-order valence-corrected chi connectivity index (χ3v) is 3.42. The minimum Gasteiger partial charge on any atom is -0.454 e. The van der Waals surface area contributed by atoms with Crippen molar-refractivity contribution in [3.8, 4) is 17.6 Å². The van der Waals surface area contributed by atoms with Gasteiger partial charge in [0.25, 0.3) is 5.91 Å². The maximum atomic E-state index is 12.1. The van der Waals surface area contributed by atoms with Crippen LogP contribution in [0.4, 0.5) is 0 Å². The molecule has 0 unspecified atom stereocenters. The van der Waals surface area contributed by atoms with E-state index in [-0.39, 0.29) is 18.5 Å². The fourth-order valence-electron chi connectivity index (χ4n) is 2.14. The number of hydrogen-bond acceptors (Lipinski definition) is 6. The fourth-order valence-corrected chi connectivity index (χ4v) is 2.14. The van der Waals surface area contributed by atoms with E-state index in [1.807, 2.05) is 32.0 Å². The van der Waals surface area contributed by atoms with Gasteiger partial charge in [0.05, 0.1) is 6.10 Å². The number of nitrogens with zero attached hydrogens (tertiary/aromatic N) is 1. The molecule has 0 saturated carbocycles. The number of carbonyl (C=O) groups excluding carboxylic acids is 1. The van der Waals surface area contributed by atoms with Crippen LogP contribution in [-0.4, -0.2) is 32.0 Å². The number of carbonyl (C=O) groups is 1. The van der Waals surface area contributed by atoms with E-state index in [0.717, 1.165) is 12.0 Å².